The Labute approximate surface area is 171 Å². The summed E-state index contributed by atoms with van der Waals surface area (Å²) in [6.45, 7) is 9.68. The molecule has 0 atom stereocenters. The minimum atomic E-state index is -3.97. The Kier molecular flexibility index (Phi) is 4.45. The molecule has 0 aromatic carbocycles. The van der Waals surface area contributed by atoms with Crippen LogP contribution in [0.15, 0.2) is 35.2 Å². The third-order valence-corrected chi connectivity index (χ3v) is 6.68. The van der Waals surface area contributed by atoms with Crippen molar-refractivity contribution in [3.63, 3.8) is 0 Å². The highest BCUT2D eigenvalue weighted by Gasteiger charge is 2.56. The number of halogens is 2. The van der Waals surface area contributed by atoms with Crippen molar-refractivity contribution in [2.45, 2.75) is 61.3 Å². The zero-order valence-corrected chi connectivity index (χ0v) is 18.3. The van der Waals surface area contributed by atoms with Gasteiger partial charge in [0.25, 0.3) is 0 Å². The second-order valence-electron chi connectivity index (χ2n) is 8.17. The van der Waals surface area contributed by atoms with E-state index in [9.17, 15) is 0 Å². The highest BCUT2D eigenvalue weighted by atomic mass is 19.2. The Balaban J connectivity index is 2.24. The third-order valence-electron chi connectivity index (χ3n) is 6.68. The molecule has 0 fully saturated rings. The maximum absolute atomic E-state index is 16.1. The van der Waals surface area contributed by atoms with Gasteiger partial charge < -0.3 is 17.6 Å². The van der Waals surface area contributed by atoms with Gasteiger partial charge in [0.1, 0.15) is 5.71 Å². The average Bonchev–Trinajstić information content (AvgIpc) is 3.07. The van der Waals surface area contributed by atoms with Gasteiger partial charge in [0.15, 0.2) is 5.70 Å². The van der Waals surface area contributed by atoms with Crippen LogP contribution in [-0.4, -0.2) is 26.6 Å². The lowest BCUT2D eigenvalue weighted by molar-refractivity contribution is -0.363. The molecule has 2 aliphatic heterocycles. The summed E-state index contributed by atoms with van der Waals surface area (Å²) in [5.74, 6) is 0. The fraction of sp³-hybridized carbons (Fsp3) is 0.391. The van der Waals surface area contributed by atoms with Crippen LogP contribution in [0.5, 0.6) is 0 Å². The molecule has 29 heavy (non-hydrogen) atoms. The predicted octanol–water partition coefficient (Wildman–Crippen LogP) is 5.58. The molecule has 0 aliphatic carbocycles. The molecule has 0 radical (unpaired) electrons. The van der Waals surface area contributed by atoms with Gasteiger partial charge in [-0.3, -0.25) is 4.98 Å². The van der Waals surface area contributed by atoms with Crippen LogP contribution in [0.2, 0.25) is 0 Å². The maximum Gasteiger partial charge on any atom is 0.737 e. The van der Waals surface area contributed by atoms with Gasteiger partial charge in [-0.05, 0) is 75.1 Å². The van der Waals surface area contributed by atoms with Gasteiger partial charge in [0.2, 0.25) is 0 Å². The summed E-state index contributed by atoms with van der Waals surface area (Å²) in [6, 6.07) is 3.94. The van der Waals surface area contributed by atoms with Gasteiger partial charge in [-0.2, -0.15) is 0 Å². The van der Waals surface area contributed by atoms with Gasteiger partial charge in [-0.1, -0.05) is 13.8 Å². The molecule has 2 aromatic rings. The van der Waals surface area contributed by atoms with E-state index in [0.717, 1.165) is 51.9 Å². The van der Waals surface area contributed by atoms with Crippen LogP contribution < -0.4 is 0 Å². The lowest BCUT2D eigenvalue weighted by Crippen LogP contribution is -2.51. The van der Waals surface area contributed by atoms with E-state index in [0.29, 0.717) is 22.8 Å². The molecular weight excluding hydrogens is 367 g/mol. The van der Waals surface area contributed by atoms with Crippen molar-refractivity contribution in [3.8, 4) is 0 Å². The van der Waals surface area contributed by atoms with Gasteiger partial charge in [0.05, 0.1) is 5.57 Å². The molecule has 0 spiro atoms. The highest BCUT2D eigenvalue weighted by Crippen LogP contribution is 2.46. The number of nitrogens with zero attached hydrogens (tertiary/aromatic N) is 3. The molecule has 6 heteroatoms. The van der Waals surface area contributed by atoms with Crippen molar-refractivity contribution < 1.29 is 13.1 Å². The topological polar surface area (TPSA) is 20.8 Å². The van der Waals surface area contributed by atoms with E-state index in [1.165, 1.54) is 8.96 Å². The Morgan fingerprint density at radius 3 is 2.34 bits per heavy atom. The first-order chi connectivity index (χ1) is 13.7. The Morgan fingerprint density at radius 2 is 1.76 bits per heavy atom. The maximum atomic E-state index is 16.1. The summed E-state index contributed by atoms with van der Waals surface area (Å²) in [4.78, 5) is 4.33. The minimum Gasteiger partial charge on any atom is -0.393 e. The molecule has 4 heterocycles. The number of fused-ring (bicyclic) bond motifs is 2. The number of aromatic nitrogens is 2. The first kappa shape index (κ1) is 19.8. The minimum absolute atomic E-state index is 0.658. The van der Waals surface area contributed by atoms with E-state index in [1.807, 2.05) is 60.6 Å². The molecule has 0 saturated carbocycles. The van der Waals surface area contributed by atoms with Crippen LogP contribution in [0.3, 0.4) is 0 Å². The zero-order valence-electron chi connectivity index (χ0n) is 18.3. The number of pyridine rings is 1. The molecule has 2 aliphatic rings. The summed E-state index contributed by atoms with van der Waals surface area (Å²) >= 11 is 0. The SMILES string of the molecule is CCC1=C(C)C2=C(c3ccnc(C)c3)c3c(C)c(CC)c(C)n3[B-](F)(F)[N+]2=C1C. The molecule has 0 amide bonds. The van der Waals surface area contributed by atoms with Crippen LogP contribution in [0.1, 0.15) is 67.9 Å². The van der Waals surface area contributed by atoms with Crippen LogP contribution in [0.25, 0.3) is 5.57 Å². The number of aryl methyl sites for hydroxylation is 1. The second-order valence-corrected chi connectivity index (χ2v) is 8.17. The lowest BCUT2D eigenvalue weighted by Gasteiger charge is -2.34. The average molecular weight is 395 g/mol. The summed E-state index contributed by atoms with van der Waals surface area (Å²) in [7, 11) is 0. The monoisotopic (exact) mass is 395 g/mol. The number of hydrogen-bond acceptors (Lipinski definition) is 1. The van der Waals surface area contributed by atoms with Crippen LogP contribution in [-0.2, 0) is 6.42 Å². The molecule has 4 rings (SSSR count). The standard InChI is InChI=1S/C23H28BF2N3/c1-8-19-14(4)22-21(18-10-11-27-13(3)12-18)23-15(5)20(9-2)17(7)29(23)24(25,26)28(22)16(19)6/h10-12H,8-9H2,1-7H3. The zero-order chi connectivity index (χ0) is 21.2. The van der Waals surface area contributed by atoms with Gasteiger partial charge in [0, 0.05) is 35.7 Å². The van der Waals surface area contributed by atoms with E-state index < -0.39 is 6.97 Å². The fourth-order valence-electron chi connectivity index (χ4n) is 5.45. The molecule has 2 aromatic heterocycles. The van der Waals surface area contributed by atoms with Crippen molar-refractivity contribution in [2.24, 2.45) is 0 Å². The van der Waals surface area contributed by atoms with Crippen LogP contribution in [0, 0.1) is 20.8 Å². The summed E-state index contributed by atoms with van der Waals surface area (Å²) < 4.78 is 34.8. The van der Waals surface area contributed by atoms with Crippen molar-refractivity contribution >= 4 is 18.3 Å². The third kappa shape index (κ3) is 2.47. The van der Waals surface area contributed by atoms with Crippen molar-refractivity contribution in [2.75, 3.05) is 0 Å². The Bertz CT molecular complexity index is 1150. The molecule has 0 unspecified atom stereocenters. The molecule has 0 bridgehead atoms. The van der Waals surface area contributed by atoms with Crippen molar-refractivity contribution in [3.05, 3.63) is 68.9 Å². The summed E-state index contributed by atoms with van der Waals surface area (Å²) in [5, 5.41) is 0. The Hall–Kier alpha value is -2.50. The van der Waals surface area contributed by atoms with E-state index in [4.69, 9.17) is 0 Å². The quantitative estimate of drug-likeness (QED) is 0.622. The first-order valence-corrected chi connectivity index (χ1v) is 10.4. The second kappa shape index (κ2) is 6.51. The van der Waals surface area contributed by atoms with E-state index in [1.54, 1.807) is 6.20 Å². The van der Waals surface area contributed by atoms with Crippen molar-refractivity contribution in [1.29, 1.82) is 0 Å². The number of allylic oxidation sites excluding steroid dienone is 2. The highest BCUT2D eigenvalue weighted by molar-refractivity contribution is 6.58. The Morgan fingerprint density at radius 1 is 1.07 bits per heavy atom. The molecule has 3 nitrogen and oxygen atoms in total. The van der Waals surface area contributed by atoms with E-state index in [-0.39, 0.29) is 0 Å². The number of hydrogen-bond donors (Lipinski definition) is 0. The van der Waals surface area contributed by atoms with Gasteiger partial charge in [-0.25, -0.2) is 0 Å². The largest absolute Gasteiger partial charge is 0.737 e. The molecular formula is C23H28BF2N3. The number of rotatable bonds is 3. The van der Waals surface area contributed by atoms with E-state index >= 15 is 8.63 Å². The van der Waals surface area contributed by atoms with Gasteiger partial charge >= 0.3 is 6.97 Å². The first-order valence-electron chi connectivity index (χ1n) is 10.4. The van der Waals surface area contributed by atoms with Gasteiger partial charge in [-0.15, -0.1) is 0 Å². The summed E-state index contributed by atoms with van der Waals surface area (Å²) in [5.41, 5.74) is 9.31. The molecule has 0 saturated heterocycles. The van der Waals surface area contributed by atoms with Crippen LogP contribution >= 0.6 is 0 Å². The normalized spacial score (nSPS) is 18.0. The van der Waals surface area contributed by atoms with Crippen molar-refractivity contribution in [1.82, 2.24) is 9.46 Å². The lowest BCUT2D eigenvalue weighted by atomic mass is 9.84. The smallest absolute Gasteiger partial charge is 0.393 e. The fourth-order valence-corrected chi connectivity index (χ4v) is 5.45. The predicted molar refractivity (Wildman–Crippen MR) is 116 cm³/mol. The summed E-state index contributed by atoms with van der Waals surface area (Å²) in [6.07, 6.45) is 3.24. The molecule has 152 valence electrons. The van der Waals surface area contributed by atoms with Crippen LogP contribution in [0.4, 0.5) is 8.63 Å². The molecule has 0 N–H and O–H groups in total. The van der Waals surface area contributed by atoms with E-state index in [2.05, 4.69) is 4.98 Å².